The summed E-state index contributed by atoms with van der Waals surface area (Å²) in [5.74, 6) is 0.243. The van der Waals surface area contributed by atoms with E-state index in [2.05, 4.69) is 15.5 Å². The molecule has 11 heteroatoms. The van der Waals surface area contributed by atoms with Crippen molar-refractivity contribution in [2.45, 2.75) is 25.3 Å². The van der Waals surface area contributed by atoms with Crippen molar-refractivity contribution >= 4 is 52.2 Å². The van der Waals surface area contributed by atoms with Crippen LogP contribution >= 0.6 is 23.2 Å². The zero-order valence-corrected chi connectivity index (χ0v) is 17.5. The lowest BCUT2D eigenvalue weighted by molar-refractivity contribution is -0.123. The van der Waals surface area contributed by atoms with Gasteiger partial charge in [-0.3, -0.25) is 14.6 Å². The molecule has 0 aromatic carbocycles. The Hall–Kier alpha value is -2.91. The highest BCUT2D eigenvalue weighted by Crippen LogP contribution is 2.42. The van der Waals surface area contributed by atoms with Crippen LogP contribution in [-0.4, -0.2) is 50.0 Å². The Balaban J connectivity index is 1.51. The largest absolute Gasteiger partial charge is 0.377 e. The number of nitrogens with zero attached hydrogens (tertiary/aromatic N) is 6. The van der Waals surface area contributed by atoms with Crippen LogP contribution in [0.5, 0.6) is 0 Å². The molecule has 1 aliphatic heterocycles. The molecule has 3 aromatic heterocycles. The predicted molar refractivity (Wildman–Crippen MR) is 112 cm³/mol. The van der Waals surface area contributed by atoms with Gasteiger partial charge in [-0.15, -0.1) is 10.2 Å². The van der Waals surface area contributed by atoms with Crippen molar-refractivity contribution in [2.75, 3.05) is 23.8 Å². The number of rotatable bonds is 5. The fourth-order valence-electron chi connectivity index (χ4n) is 3.52. The number of anilines is 2. The molecule has 0 bridgehead atoms. The van der Waals surface area contributed by atoms with Gasteiger partial charge in [0.1, 0.15) is 6.54 Å². The molecule has 0 radical (unpaired) electrons. The van der Waals surface area contributed by atoms with Crippen molar-refractivity contribution < 1.29 is 9.59 Å². The minimum Gasteiger partial charge on any atom is -0.377 e. The third kappa shape index (κ3) is 3.33. The number of carbonyl (C=O) groups is 2. The van der Waals surface area contributed by atoms with Crippen molar-refractivity contribution in [2.24, 2.45) is 0 Å². The lowest BCUT2D eigenvalue weighted by Crippen LogP contribution is -2.30. The van der Waals surface area contributed by atoms with Gasteiger partial charge in [0.05, 0.1) is 23.6 Å². The topological polar surface area (TPSA) is 95.7 Å². The number of hydrogen-bond acceptors (Lipinski definition) is 6. The molecule has 1 saturated carbocycles. The highest BCUT2D eigenvalue weighted by molar-refractivity contribution is 6.33. The number of nitrogens with one attached hydrogen (secondary N) is 1. The van der Waals surface area contributed by atoms with Crippen LogP contribution in [0.25, 0.3) is 5.65 Å². The van der Waals surface area contributed by atoms with Gasteiger partial charge in [-0.2, -0.15) is 0 Å². The van der Waals surface area contributed by atoms with Crippen molar-refractivity contribution in [3.63, 3.8) is 0 Å². The van der Waals surface area contributed by atoms with Gasteiger partial charge < -0.3 is 9.72 Å². The van der Waals surface area contributed by atoms with Crippen LogP contribution < -0.4 is 10.2 Å². The molecule has 154 valence electrons. The summed E-state index contributed by atoms with van der Waals surface area (Å²) in [7, 11) is 1.49. The highest BCUT2D eigenvalue weighted by atomic mass is 35.5. The van der Waals surface area contributed by atoms with Crippen LogP contribution in [0.2, 0.25) is 10.3 Å². The standard InChI is InChI=1S/C19H17Cl2N7O2/c1-26-16(29)9-28(19(26)30)14-4-11(10-2-3-10)7-27-8-12(23-18(14)27)6-22-13-5-15(20)24-25-17(13)21/h4-5,7-8,10H,2-3,6,9H2,1H3,(H,22,24). The zero-order chi connectivity index (χ0) is 21.0. The van der Waals surface area contributed by atoms with Crippen molar-refractivity contribution in [3.8, 4) is 0 Å². The quantitative estimate of drug-likeness (QED) is 0.605. The molecule has 30 heavy (non-hydrogen) atoms. The second-order valence-electron chi connectivity index (χ2n) is 7.44. The second-order valence-corrected chi connectivity index (χ2v) is 8.19. The summed E-state index contributed by atoms with van der Waals surface area (Å²) in [5, 5.41) is 11.1. The minimum absolute atomic E-state index is 0.0103. The Bertz CT molecular complexity index is 1190. The molecular weight excluding hydrogens is 429 g/mol. The van der Waals surface area contributed by atoms with Gasteiger partial charge in [-0.1, -0.05) is 23.2 Å². The average molecular weight is 446 g/mol. The Morgan fingerprint density at radius 1 is 1.17 bits per heavy atom. The molecule has 0 atom stereocenters. The lowest BCUT2D eigenvalue weighted by Gasteiger charge is -2.17. The SMILES string of the molecule is CN1C(=O)CN(c2cc(C3CC3)cn3cc(CNc4cc(Cl)nnc4Cl)nc23)C1=O. The van der Waals surface area contributed by atoms with Gasteiger partial charge in [-0.25, -0.2) is 9.78 Å². The molecule has 5 rings (SSSR count). The second kappa shape index (κ2) is 7.10. The predicted octanol–water partition coefficient (Wildman–Crippen LogP) is 3.32. The zero-order valence-electron chi connectivity index (χ0n) is 16.0. The van der Waals surface area contributed by atoms with Gasteiger partial charge >= 0.3 is 6.03 Å². The van der Waals surface area contributed by atoms with Gasteiger partial charge in [-0.05, 0) is 30.4 Å². The highest BCUT2D eigenvalue weighted by Gasteiger charge is 2.36. The van der Waals surface area contributed by atoms with Gasteiger partial charge in [0.25, 0.3) is 0 Å². The van der Waals surface area contributed by atoms with E-state index in [1.807, 2.05) is 22.9 Å². The number of aromatic nitrogens is 4. The number of likely N-dealkylation sites (N-methyl/N-ethyl adjacent to an activating group) is 1. The molecule has 1 aliphatic carbocycles. The molecule has 1 saturated heterocycles. The van der Waals surface area contributed by atoms with Crippen LogP contribution in [0, 0.1) is 0 Å². The number of hydrogen-bond donors (Lipinski definition) is 1. The van der Waals surface area contributed by atoms with E-state index in [0.717, 1.165) is 29.0 Å². The van der Waals surface area contributed by atoms with E-state index in [4.69, 9.17) is 28.2 Å². The maximum atomic E-state index is 12.6. The molecule has 4 heterocycles. The minimum atomic E-state index is -0.346. The van der Waals surface area contributed by atoms with E-state index in [9.17, 15) is 9.59 Å². The van der Waals surface area contributed by atoms with Gasteiger partial charge in [0.2, 0.25) is 5.91 Å². The molecule has 0 unspecified atom stereocenters. The normalized spacial score (nSPS) is 16.8. The molecule has 2 fully saturated rings. The third-order valence-electron chi connectivity index (χ3n) is 5.31. The third-order valence-corrected chi connectivity index (χ3v) is 5.77. The number of amides is 3. The monoisotopic (exact) mass is 445 g/mol. The number of fused-ring (bicyclic) bond motifs is 1. The molecule has 2 aliphatic rings. The average Bonchev–Trinajstić information content (AvgIpc) is 3.45. The van der Waals surface area contributed by atoms with Crippen LogP contribution in [-0.2, 0) is 11.3 Å². The van der Waals surface area contributed by atoms with Crippen LogP contribution in [0.15, 0.2) is 24.5 Å². The molecule has 1 N–H and O–H groups in total. The van der Waals surface area contributed by atoms with E-state index in [1.54, 1.807) is 6.07 Å². The molecule has 3 amide bonds. The van der Waals surface area contributed by atoms with E-state index in [-0.39, 0.29) is 28.8 Å². The lowest BCUT2D eigenvalue weighted by atomic mass is 10.1. The smallest absolute Gasteiger partial charge is 0.331 e. The van der Waals surface area contributed by atoms with E-state index < -0.39 is 0 Å². The first-order chi connectivity index (χ1) is 14.4. The van der Waals surface area contributed by atoms with E-state index in [0.29, 0.717) is 29.5 Å². The summed E-state index contributed by atoms with van der Waals surface area (Å²) in [6.45, 7) is 0.380. The number of imide groups is 1. The van der Waals surface area contributed by atoms with Gasteiger partial charge in [0.15, 0.2) is 16.0 Å². The summed E-state index contributed by atoms with van der Waals surface area (Å²) in [5.41, 5.74) is 3.68. The molecule has 3 aromatic rings. The first kappa shape index (κ1) is 19.1. The fraction of sp³-hybridized carbons (Fsp3) is 0.316. The maximum Gasteiger partial charge on any atom is 0.331 e. The number of urea groups is 1. The summed E-state index contributed by atoms with van der Waals surface area (Å²) < 4.78 is 1.91. The Morgan fingerprint density at radius 3 is 2.67 bits per heavy atom. The summed E-state index contributed by atoms with van der Waals surface area (Å²) >= 11 is 11.9. The maximum absolute atomic E-state index is 12.6. The summed E-state index contributed by atoms with van der Waals surface area (Å²) in [6, 6.07) is 3.22. The van der Waals surface area contributed by atoms with Crippen molar-refractivity contribution in [1.82, 2.24) is 24.5 Å². The summed E-state index contributed by atoms with van der Waals surface area (Å²) in [6.07, 6.45) is 6.18. The van der Waals surface area contributed by atoms with Crippen molar-refractivity contribution in [1.29, 1.82) is 0 Å². The van der Waals surface area contributed by atoms with Crippen LogP contribution in [0.4, 0.5) is 16.2 Å². The van der Waals surface area contributed by atoms with E-state index in [1.165, 1.54) is 11.9 Å². The van der Waals surface area contributed by atoms with E-state index >= 15 is 0 Å². The van der Waals surface area contributed by atoms with Gasteiger partial charge in [0, 0.05) is 25.5 Å². The first-order valence-corrected chi connectivity index (χ1v) is 10.2. The molecule has 9 nitrogen and oxygen atoms in total. The Kier molecular flexibility index (Phi) is 4.52. The number of imidazole rings is 1. The Labute approximate surface area is 181 Å². The van der Waals surface area contributed by atoms with Crippen LogP contribution in [0.1, 0.15) is 30.0 Å². The molecule has 0 spiro atoms. The molecular formula is C19H17Cl2N7O2. The number of carbonyl (C=O) groups excluding carboxylic acids is 2. The van der Waals surface area contributed by atoms with Crippen molar-refractivity contribution in [3.05, 3.63) is 46.1 Å². The fourth-order valence-corrected chi connectivity index (χ4v) is 3.83. The number of pyridine rings is 1. The van der Waals surface area contributed by atoms with Crippen LogP contribution in [0.3, 0.4) is 0 Å². The first-order valence-electron chi connectivity index (χ1n) is 9.43. The Morgan fingerprint density at radius 2 is 1.97 bits per heavy atom. The number of halogens is 2. The summed E-state index contributed by atoms with van der Waals surface area (Å²) in [4.78, 5) is 31.9.